The molecule has 0 spiro atoms. The molecule has 0 radical (unpaired) electrons. The zero-order chi connectivity index (χ0) is 19.5. The van der Waals surface area contributed by atoms with Crippen molar-refractivity contribution in [2.24, 2.45) is 0 Å². The van der Waals surface area contributed by atoms with Gasteiger partial charge in [-0.15, -0.1) is 0 Å². The van der Waals surface area contributed by atoms with E-state index in [0.717, 1.165) is 58.7 Å². The highest BCUT2D eigenvalue weighted by Crippen LogP contribution is 2.35. The van der Waals surface area contributed by atoms with Gasteiger partial charge in [0.1, 0.15) is 5.75 Å². The third-order valence-electron chi connectivity index (χ3n) is 5.14. The van der Waals surface area contributed by atoms with Crippen molar-refractivity contribution in [1.82, 2.24) is 9.88 Å². The smallest absolute Gasteiger partial charge is 0.235 e. The van der Waals surface area contributed by atoms with Gasteiger partial charge in [-0.25, -0.2) is 4.98 Å². The summed E-state index contributed by atoms with van der Waals surface area (Å²) in [5, 5.41) is 1.78. The van der Waals surface area contributed by atoms with Crippen LogP contribution in [0, 0.1) is 0 Å². The van der Waals surface area contributed by atoms with Gasteiger partial charge in [-0.05, 0) is 49.1 Å². The van der Waals surface area contributed by atoms with E-state index in [1.54, 1.807) is 7.11 Å². The van der Waals surface area contributed by atoms with Crippen LogP contribution in [-0.2, 0) is 4.79 Å². The maximum atomic E-state index is 12.7. The highest BCUT2D eigenvalue weighted by molar-refractivity contribution is 8.00. The van der Waals surface area contributed by atoms with Crippen molar-refractivity contribution in [3.63, 3.8) is 0 Å². The third-order valence-corrected chi connectivity index (χ3v) is 6.15. The number of nitrogens with zero attached hydrogens (tertiary/aromatic N) is 2. The van der Waals surface area contributed by atoms with Gasteiger partial charge in [0, 0.05) is 24.5 Å². The Hall–Kier alpha value is -2.53. The fourth-order valence-corrected chi connectivity index (χ4v) is 4.60. The number of amides is 1. The highest BCUT2D eigenvalue weighted by atomic mass is 32.2. The molecule has 0 N–H and O–H groups in total. The number of thioether (sulfide) groups is 1. The summed E-state index contributed by atoms with van der Waals surface area (Å²) >= 11 is 1.53. The Morgan fingerprint density at radius 3 is 2.57 bits per heavy atom. The number of ether oxygens (including phenoxy) is 1. The monoisotopic (exact) mass is 392 g/mol. The van der Waals surface area contributed by atoms with Gasteiger partial charge in [-0.1, -0.05) is 42.1 Å². The quantitative estimate of drug-likeness (QED) is 0.572. The summed E-state index contributed by atoms with van der Waals surface area (Å²) in [6.45, 7) is 3.73. The predicted octanol–water partition coefficient (Wildman–Crippen LogP) is 5.01. The van der Waals surface area contributed by atoms with Crippen molar-refractivity contribution >= 4 is 28.6 Å². The Kier molecular flexibility index (Phi) is 5.53. The minimum atomic E-state index is -0.155. The average molecular weight is 393 g/mol. The number of hydrogen-bond acceptors (Lipinski definition) is 4. The number of carbonyl (C=O) groups excluding carboxylic acids is 1. The van der Waals surface area contributed by atoms with Crippen LogP contribution in [0.25, 0.3) is 22.0 Å². The normalized spacial score (nSPS) is 15.0. The molecule has 0 aliphatic carbocycles. The van der Waals surface area contributed by atoms with E-state index in [4.69, 9.17) is 9.72 Å². The molecule has 1 saturated heterocycles. The van der Waals surface area contributed by atoms with Gasteiger partial charge in [0.2, 0.25) is 5.91 Å². The number of aromatic nitrogens is 1. The molecular formula is C23H24N2O2S. The second-order valence-electron chi connectivity index (χ2n) is 7.05. The maximum Gasteiger partial charge on any atom is 0.235 e. The largest absolute Gasteiger partial charge is 0.497 e. The van der Waals surface area contributed by atoms with Crippen LogP contribution < -0.4 is 4.74 Å². The van der Waals surface area contributed by atoms with Gasteiger partial charge < -0.3 is 9.64 Å². The number of benzene rings is 2. The van der Waals surface area contributed by atoms with Crippen molar-refractivity contribution in [1.29, 1.82) is 0 Å². The first-order valence-corrected chi connectivity index (χ1v) is 10.5. The van der Waals surface area contributed by atoms with E-state index in [1.807, 2.05) is 42.2 Å². The molecule has 1 aliphatic heterocycles. The molecule has 3 aromatic rings. The molecule has 144 valence electrons. The van der Waals surface area contributed by atoms with Crippen LogP contribution in [0.15, 0.2) is 59.6 Å². The molecule has 2 aromatic carbocycles. The van der Waals surface area contributed by atoms with Gasteiger partial charge in [0.05, 0.1) is 22.9 Å². The lowest BCUT2D eigenvalue weighted by Crippen LogP contribution is -2.34. The van der Waals surface area contributed by atoms with E-state index in [9.17, 15) is 4.79 Å². The Morgan fingerprint density at radius 1 is 1.11 bits per heavy atom. The molecule has 1 fully saturated rings. The average Bonchev–Trinajstić information content (AvgIpc) is 3.27. The van der Waals surface area contributed by atoms with Crippen LogP contribution in [0.5, 0.6) is 5.75 Å². The van der Waals surface area contributed by atoms with Gasteiger partial charge in [0.15, 0.2) is 0 Å². The van der Waals surface area contributed by atoms with E-state index in [1.165, 1.54) is 11.8 Å². The Morgan fingerprint density at radius 2 is 1.86 bits per heavy atom. The molecular weight excluding hydrogens is 368 g/mol. The number of hydrogen-bond donors (Lipinski definition) is 0. The number of pyridine rings is 1. The summed E-state index contributed by atoms with van der Waals surface area (Å²) in [5.74, 6) is 0.985. The van der Waals surface area contributed by atoms with Crippen molar-refractivity contribution in [3.05, 3.63) is 54.6 Å². The number of fused-ring (bicyclic) bond motifs is 1. The number of likely N-dealkylation sites (tertiary alicyclic amines) is 1. The minimum absolute atomic E-state index is 0.155. The first-order chi connectivity index (χ1) is 13.7. The number of methoxy groups -OCH3 is 1. The van der Waals surface area contributed by atoms with Gasteiger partial charge >= 0.3 is 0 Å². The zero-order valence-corrected chi connectivity index (χ0v) is 17.0. The molecule has 0 bridgehead atoms. The molecule has 1 aromatic heterocycles. The van der Waals surface area contributed by atoms with Crippen molar-refractivity contribution in [3.8, 4) is 16.9 Å². The van der Waals surface area contributed by atoms with Crippen LogP contribution in [0.1, 0.15) is 19.8 Å². The molecule has 28 heavy (non-hydrogen) atoms. The number of rotatable bonds is 5. The third kappa shape index (κ3) is 3.85. The van der Waals surface area contributed by atoms with E-state index >= 15 is 0 Å². The summed E-state index contributed by atoms with van der Waals surface area (Å²) in [6.07, 6.45) is 2.21. The molecule has 1 amide bonds. The summed E-state index contributed by atoms with van der Waals surface area (Å²) in [6, 6.07) is 18.4. The number of carbonyl (C=O) groups is 1. The van der Waals surface area contributed by atoms with E-state index in [0.29, 0.717) is 0 Å². The van der Waals surface area contributed by atoms with Crippen LogP contribution in [-0.4, -0.2) is 41.2 Å². The van der Waals surface area contributed by atoms with Crippen molar-refractivity contribution in [2.45, 2.75) is 30.0 Å². The fourth-order valence-electron chi connectivity index (χ4n) is 3.65. The first-order valence-electron chi connectivity index (χ1n) is 9.65. The maximum absolute atomic E-state index is 12.7. The summed E-state index contributed by atoms with van der Waals surface area (Å²) in [5.41, 5.74) is 3.14. The summed E-state index contributed by atoms with van der Waals surface area (Å²) in [7, 11) is 1.66. The lowest BCUT2D eigenvalue weighted by molar-refractivity contribution is -0.129. The molecule has 4 nitrogen and oxygen atoms in total. The van der Waals surface area contributed by atoms with Crippen LogP contribution in [0.2, 0.25) is 0 Å². The molecule has 0 unspecified atom stereocenters. The molecule has 2 heterocycles. The predicted molar refractivity (Wildman–Crippen MR) is 115 cm³/mol. The lowest BCUT2D eigenvalue weighted by atomic mass is 10.0. The van der Waals surface area contributed by atoms with E-state index in [2.05, 4.69) is 24.3 Å². The first kappa shape index (κ1) is 18.8. The second-order valence-corrected chi connectivity index (χ2v) is 8.41. The zero-order valence-electron chi connectivity index (χ0n) is 16.2. The van der Waals surface area contributed by atoms with Gasteiger partial charge in [-0.2, -0.15) is 0 Å². The highest BCUT2D eigenvalue weighted by Gasteiger charge is 2.24. The van der Waals surface area contributed by atoms with Crippen LogP contribution in [0.4, 0.5) is 0 Å². The van der Waals surface area contributed by atoms with Gasteiger partial charge in [0.25, 0.3) is 0 Å². The molecule has 1 atom stereocenters. The van der Waals surface area contributed by atoms with Gasteiger partial charge in [-0.3, -0.25) is 4.79 Å². The van der Waals surface area contributed by atoms with E-state index in [-0.39, 0.29) is 11.2 Å². The Balaban J connectivity index is 1.72. The molecule has 1 aliphatic rings. The topological polar surface area (TPSA) is 42.4 Å². The molecule has 0 saturated carbocycles. The van der Waals surface area contributed by atoms with Crippen LogP contribution >= 0.6 is 11.8 Å². The summed E-state index contributed by atoms with van der Waals surface area (Å²) in [4.78, 5) is 19.5. The standard InChI is InChI=1S/C23H24N2O2S/c1-16(23(26)25-12-6-7-13-25)28-22-15-20(17-8-4-3-5-9-17)19-11-10-18(27-2)14-21(19)24-22/h3-5,8-11,14-16H,6-7,12-13H2,1-2H3/t16-/m0/s1. The lowest BCUT2D eigenvalue weighted by Gasteiger charge is -2.20. The Bertz CT molecular complexity index is 985. The van der Waals surface area contributed by atoms with E-state index < -0.39 is 0 Å². The SMILES string of the molecule is COc1ccc2c(-c3ccccc3)cc(S[C@@H](C)C(=O)N3CCCC3)nc2c1. The fraction of sp³-hybridized carbons (Fsp3) is 0.304. The Labute approximate surface area is 169 Å². The van der Waals surface area contributed by atoms with Crippen molar-refractivity contribution < 1.29 is 9.53 Å². The minimum Gasteiger partial charge on any atom is -0.497 e. The van der Waals surface area contributed by atoms with Crippen molar-refractivity contribution in [2.75, 3.05) is 20.2 Å². The summed E-state index contributed by atoms with van der Waals surface area (Å²) < 4.78 is 5.39. The van der Waals surface area contributed by atoms with Crippen LogP contribution in [0.3, 0.4) is 0 Å². The second kappa shape index (κ2) is 8.23. The molecule has 4 rings (SSSR count). The molecule has 5 heteroatoms.